The summed E-state index contributed by atoms with van der Waals surface area (Å²) < 4.78 is 50.4. The van der Waals surface area contributed by atoms with Crippen molar-refractivity contribution in [3.05, 3.63) is 35.4 Å². The Bertz CT molecular complexity index is 544. The van der Waals surface area contributed by atoms with Gasteiger partial charge in [0.1, 0.15) is 11.6 Å². The van der Waals surface area contributed by atoms with E-state index < -0.39 is 21.7 Å². The molecule has 0 saturated carbocycles. The lowest BCUT2D eigenvalue weighted by molar-refractivity contribution is 0.413. The number of hydrogen-bond acceptors (Lipinski definition) is 3. The standard InChI is InChI=1S/C14H22F2N2O2S/c1-4-18(21(3,19)20)7-5-6-17-11(2)12-8-13(15)10-14(16)9-12/h8-11,17H,4-7H2,1-3H3. The van der Waals surface area contributed by atoms with Gasteiger partial charge in [0.05, 0.1) is 6.26 Å². The molecule has 0 saturated heterocycles. The molecule has 4 nitrogen and oxygen atoms in total. The zero-order chi connectivity index (χ0) is 16.0. The van der Waals surface area contributed by atoms with E-state index in [1.807, 2.05) is 6.92 Å². The minimum atomic E-state index is -3.17. The minimum absolute atomic E-state index is 0.205. The first-order valence-electron chi connectivity index (χ1n) is 6.88. The Morgan fingerprint density at radius 2 is 1.81 bits per heavy atom. The molecular weight excluding hydrogens is 298 g/mol. The van der Waals surface area contributed by atoms with Crippen LogP contribution in [0.1, 0.15) is 31.9 Å². The molecule has 1 unspecified atom stereocenters. The fourth-order valence-electron chi connectivity index (χ4n) is 2.08. The zero-order valence-corrected chi connectivity index (χ0v) is 13.4. The second-order valence-corrected chi connectivity index (χ2v) is 6.97. The fourth-order valence-corrected chi connectivity index (χ4v) is 3.01. The molecule has 0 heterocycles. The Balaban J connectivity index is 2.45. The Morgan fingerprint density at radius 1 is 1.24 bits per heavy atom. The first-order chi connectivity index (χ1) is 9.74. The highest BCUT2D eigenvalue weighted by Crippen LogP contribution is 2.15. The van der Waals surface area contributed by atoms with Crippen molar-refractivity contribution in [3.63, 3.8) is 0 Å². The summed E-state index contributed by atoms with van der Waals surface area (Å²) in [6, 6.07) is 3.20. The number of hydrogen-bond donors (Lipinski definition) is 1. The van der Waals surface area contributed by atoms with Crippen molar-refractivity contribution >= 4 is 10.0 Å². The molecule has 7 heteroatoms. The second kappa shape index (κ2) is 7.82. The molecule has 1 rings (SSSR count). The molecule has 0 aliphatic heterocycles. The molecule has 0 radical (unpaired) electrons. The van der Waals surface area contributed by atoms with E-state index in [1.54, 1.807) is 6.92 Å². The van der Waals surface area contributed by atoms with Gasteiger partial charge in [-0.1, -0.05) is 6.92 Å². The predicted octanol–water partition coefficient (Wildman–Crippen LogP) is 2.29. The van der Waals surface area contributed by atoms with Gasteiger partial charge in [-0.25, -0.2) is 21.5 Å². The van der Waals surface area contributed by atoms with Crippen LogP contribution in [0.15, 0.2) is 18.2 Å². The largest absolute Gasteiger partial charge is 0.310 e. The van der Waals surface area contributed by atoms with Gasteiger partial charge in [-0.3, -0.25) is 0 Å². The van der Waals surface area contributed by atoms with Crippen molar-refractivity contribution in [2.75, 3.05) is 25.9 Å². The summed E-state index contributed by atoms with van der Waals surface area (Å²) in [5.74, 6) is -1.21. The van der Waals surface area contributed by atoms with Crippen LogP contribution < -0.4 is 5.32 Å². The lowest BCUT2D eigenvalue weighted by atomic mass is 10.1. The van der Waals surface area contributed by atoms with Gasteiger partial charge in [0.2, 0.25) is 10.0 Å². The summed E-state index contributed by atoms with van der Waals surface area (Å²) in [4.78, 5) is 0. The highest BCUT2D eigenvalue weighted by atomic mass is 32.2. The summed E-state index contributed by atoms with van der Waals surface area (Å²) in [5.41, 5.74) is 0.531. The van der Waals surface area contributed by atoms with Gasteiger partial charge in [0.25, 0.3) is 0 Å². The second-order valence-electron chi connectivity index (χ2n) is 4.99. The summed E-state index contributed by atoms with van der Waals surface area (Å²) in [6.45, 7) is 5.01. The van der Waals surface area contributed by atoms with E-state index in [-0.39, 0.29) is 6.04 Å². The smallest absolute Gasteiger partial charge is 0.211 e. The summed E-state index contributed by atoms with van der Waals surface area (Å²) >= 11 is 0. The molecule has 0 aliphatic carbocycles. The Hall–Kier alpha value is -1.05. The fraction of sp³-hybridized carbons (Fsp3) is 0.571. The minimum Gasteiger partial charge on any atom is -0.310 e. The lowest BCUT2D eigenvalue weighted by Crippen LogP contribution is -2.32. The maximum atomic E-state index is 13.1. The molecule has 1 atom stereocenters. The van der Waals surface area contributed by atoms with Crippen molar-refractivity contribution < 1.29 is 17.2 Å². The van der Waals surface area contributed by atoms with Crippen molar-refractivity contribution in [3.8, 4) is 0 Å². The third-order valence-electron chi connectivity index (χ3n) is 3.24. The van der Waals surface area contributed by atoms with Crippen molar-refractivity contribution in [2.45, 2.75) is 26.3 Å². The third-order valence-corrected chi connectivity index (χ3v) is 4.62. The Labute approximate surface area is 125 Å². The maximum absolute atomic E-state index is 13.1. The first-order valence-corrected chi connectivity index (χ1v) is 8.73. The molecule has 1 aromatic rings. The Kier molecular flexibility index (Phi) is 6.70. The van der Waals surface area contributed by atoms with Gasteiger partial charge in [0.15, 0.2) is 0 Å². The molecular formula is C14H22F2N2O2S. The lowest BCUT2D eigenvalue weighted by Gasteiger charge is -2.19. The molecule has 1 aromatic carbocycles. The van der Waals surface area contributed by atoms with Crippen LogP contribution in [-0.2, 0) is 10.0 Å². The van der Waals surface area contributed by atoms with Gasteiger partial charge >= 0.3 is 0 Å². The SMILES string of the molecule is CCN(CCCNC(C)c1cc(F)cc(F)c1)S(C)(=O)=O. The van der Waals surface area contributed by atoms with Crippen molar-refractivity contribution in [1.29, 1.82) is 0 Å². The van der Waals surface area contributed by atoms with Crippen LogP contribution in [0.3, 0.4) is 0 Å². The van der Waals surface area contributed by atoms with E-state index in [1.165, 1.54) is 22.7 Å². The normalized spacial score (nSPS) is 13.6. The number of rotatable bonds is 8. The molecule has 0 fully saturated rings. The summed E-state index contributed by atoms with van der Waals surface area (Å²) in [5, 5.41) is 3.13. The van der Waals surface area contributed by atoms with E-state index >= 15 is 0 Å². The summed E-state index contributed by atoms with van der Waals surface area (Å²) in [6.07, 6.45) is 1.81. The maximum Gasteiger partial charge on any atom is 0.211 e. The molecule has 1 N–H and O–H groups in total. The van der Waals surface area contributed by atoms with Gasteiger partial charge in [0, 0.05) is 25.2 Å². The van der Waals surface area contributed by atoms with E-state index in [0.29, 0.717) is 31.6 Å². The van der Waals surface area contributed by atoms with Crippen LogP contribution >= 0.6 is 0 Å². The predicted molar refractivity (Wildman–Crippen MR) is 79.5 cm³/mol. The topological polar surface area (TPSA) is 49.4 Å². The molecule has 0 amide bonds. The summed E-state index contributed by atoms with van der Waals surface area (Å²) in [7, 11) is -3.17. The highest BCUT2D eigenvalue weighted by molar-refractivity contribution is 7.88. The zero-order valence-electron chi connectivity index (χ0n) is 12.6. The molecule has 0 spiro atoms. The van der Waals surface area contributed by atoms with Gasteiger partial charge < -0.3 is 5.32 Å². The van der Waals surface area contributed by atoms with Crippen LogP contribution in [0, 0.1) is 11.6 Å². The number of halogens is 2. The third kappa shape index (κ3) is 6.07. The molecule has 120 valence electrons. The number of sulfonamides is 1. The monoisotopic (exact) mass is 320 g/mol. The molecule has 0 bridgehead atoms. The van der Waals surface area contributed by atoms with Gasteiger partial charge in [-0.05, 0) is 37.6 Å². The van der Waals surface area contributed by atoms with Crippen LogP contribution in [0.25, 0.3) is 0 Å². The number of nitrogens with zero attached hydrogens (tertiary/aromatic N) is 1. The average Bonchev–Trinajstić information content (AvgIpc) is 2.35. The van der Waals surface area contributed by atoms with E-state index in [2.05, 4.69) is 5.32 Å². The highest BCUT2D eigenvalue weighted by Gasteiger charge is 2.14. The van der Waals surface area contributed by atoms with Crippen LogP contribution in [0.4, 0.5) is 8.78 Å². The van der Waals surface area contributed by atoms with Crippen LogP contribution in [0.5, 0.6) is 0 Å². The molecule has 0 aliphatic rings. The van der Waals surface area contributed by atoms with Gasteiger partial charge in [-0.15, -0.1) is 0 Å². The van der Waals surface area contributed by atoms with Crippen LogP contribution in [0.2, 0.25) is 0 Å². The first kappa shape index (κ1) is 18.0. The number of benzene rings is 1. The van der Waals surface area contributed by atoms with Crippen molar-refractivity contribution in [2.24, 2.45) is 0 Å². The van der Waals surface area contributed by atoms with E-state index in [0.717, 1.165) is 6.07 Å². The van der Waals surface area contributed by atoms with Crippen molar-refractivity contribution in [1.82, 2.24) is 9.62 Å². The van der Waals surface area contributed by atoms with E-state index in [9.17, 15) is 17.2 Å². The average molecular weight is 320 g/mol. The quantitative estimate of drug-likeness (QED) is 0.748. The van der Waals surface area contributed by atoms with E-state index in [4.69, 9.17) is 0 Å². The molecule has 0 aromatic heterocycles. The van der Waals surface area contributed by atoms with Gasteiger partial charge in [-0.2, -0.15) is 0 Å². The Morgan fingerprint density at radius 3 is 2.29 bits per heavy atom. The molecule has 21 heavy (non-hydrogen) atoms. The number of nitrogens with one attached hydrogen (secondary N) is 1. The van der Waals surface area contributed by atoms with Crippen LogP contribution in [-0.4, -0.2) is 38.6 Å².